The summed E-state index contributed by atoms with van der Waals surface area (Å²) in [6.45, 7) is 0.434. The maximum atomic E-state index is 4.82. The van der Waals surface area contributed by atoms with Crippen LogP contribution in [-0.2, 0) is 4.89 Å². The maximum absolute atomic E-state index is 4.82. The highest BCUT2D eigenvalue weighted by molar-refractivity contribution is 7.12. The molecule has 0 atom stereocenters. The normalized spacial score (nSPS) is 16.4. The van der Waals surface area contributed by atoms with E-state index >= 15 is 0 Å². The van der Waals surface area contributed by atoms with E-state index in [0.717, 1.165) is 10.6 Å². The Balaban J connectivity index is 2.39. The zero-order valence-electron chi connectivity index (χ0n) is 4.59. The van der Waals surface area contributed by atoms with Gasteiger partial charge >= 0.3 is 0 Å². The molecule has 1 aromatic heterocycles. The third kappa shape index (κ3) is 0.821. The molecular weight excluding hydrogens is 136 g/mol. The van der Waals surface area contributed by atoms with Crippen LogP contribution in [0.4, 0.5) is 0 Å². The zero-order valence-corrected chi connectivity index (χ0v) is 5.40. The molecule has 1 aliphatic heterocycles. The van der Waals surface area contributed by atoms with Gasteiger partial charge < -0.3 is 4.89 Å². The predicted molar refractivity (Wildman–Crippen MR) is 33.2 cm³/mol. The number of hydrogen-bond donors (Lipinski definition) is 0. The molecule has 9 heavy (non-hydrogen) atoms. The first-order chi connectivity index (χ1) is 4.47. The maximum Gasteiger partial charge on any atom is 0.222 e. The Morgan fingerprint density at radius 2 is 2.67 bits per heavy atom. The molecule has 2 radical (unpaired) electrons. The van der Waals surface area contributed by atoms with Gasteiger partial charge in [0.05, 0.1) is 6.42 Å². The van der Waals surface area contributed by atoms with Crippen molar-refractivity contribution in [2.24, 2.45) is 0 Å². The number of fused-ring (bicyclic) bond motifs is 1. The van der Waals surface area contributed by atoms with E-state index < -0.39 is 0 Å². The van der Waals surface area contributed by atoms with Crippen LogP contribution in [0.1, 0.15) is 5.56 Å². The first-order valence-electron chi connectivity index (χ1n) is 2.57. The monoisotopic (exact) mass is 140 g/mol. The highest BCUT2D eigenvalue weighted by atomic mass is 32.1. The van der Waals surface area contributed by atoms with Crippen molar-refractivity contribution in [2.75, 3.05) is 6.61 Å². The van der Waals surface area contributed by atoms with Gasteiger partial charge in [-0.2, -0.15) is 4.89 Å². The Morgan fingerprint density at radius 3 is 3.56 bits per heavy atom. The summed E-state index contributed by atoms with van der Waals surface area (Å²) in [6, 6.07) is 1.96. The smallest absolute Gasteiger partial charge is 0.222 e. The summed E-state index contributed by atoms with van der Waals surface area (Å²) in [5, 5.41) is 2.76. The van der Waals surface area contributed by atoms with E-state index in [1.807, 2.05) is 11.4 Å². The Morgan fingerprint density at radius 1 is 1.67 bits per heavy atom. The Labute approximate surface area is 57.0 Å². The Bertz CT molecular complexity index is 186. The fraction of sp³-hybridized carbons (Fsp3) is 0.167. The molecule has 1 aromatic rings. The lowest BCUT2D eigenvalue weighted by atomic mass is 10.2. The van der Waals surface area contributed by atoms with Gasteiger partial charge in [-0.05, 0) is 11.4 Å². The quantitative estimate of drug-likeness (QED) is 0.508. The summed E-state index contributed by atoms with van der Waals surface area (Å²) in [5.74, 6) is 0. The van der Waals surface area contributed by atoms with E-state index in [0.29, 0.717) is 6.61 Å². The highest BCUT2D eigenvalue weighted by Gasteiger charge is 2.12. The van der Waals surface area contributed by atoms with Crippen molar-refractivity contribution in [1.82, 2.24) is 0 Å². The van der Waals surface area contributed by atoms with Crippen LogP contribution in [0.2, 0.25) is 0 Å². The lowest BCUT2D eigenvalue weighted by molar-refractivity contribution is -0.202. The molecule has 0 saturated heterocycles. The Hall–Kier alpha value is -0.540. The van der Waals surface area contributed by atoms with Crippen molar-refractivity contribution < 1.29 is 9.78 Å². The van der Waals surface area contributed by atoms with E-state index in [1.165, 1.54) is 11.3 Å². The standard InChI is InChI=1S/C6H4O2S/c1-3-7-8-6-5(1)2-4-9-6/h2,4H,3H2. The van der Waals surface area contributed by atoms with Crippen molar-refractivity contribution in [3.8, 4) is 5.06 Å². The molecule has 0 unspecified atom stereocenters. The van der Waals surface area contributed by atoms with Crippen LogP contribution in [0.5, 0.6) is 5.06 Å². The van der Waals surface area contributed by atoms with Crippen molar-refractivity contribution in [3.05, 3.63) is 23.4 Å². The van der Waals surface area contributed by atoms with E-state index in [2.05, 4.69) is 11.3 Å². The van der Waals surface area contributed by atoms with Crippen LogP contribution in [0.3, 0.4) is 0 Å². The molecule has 46 valence electrons. The fourth-order valence-corrected chi connectivity index (χ4v) is 1.36. The lowest BCUT2D eigenvalue weighted by Gasteiger charge is -2.08. The second kappa shape index (κ2) is 2.01. The molecular formula is C6H4O2S. The topological polar surface area (TPSA) is 18.5 Å². The van der Waals surface area contributed by atoms with Crippen LogP contribution < -0.4 is 4.89 Å². The molecule has 0 fully saturated rings. The predicted octanol–water partition coefficient (Wildman–Crippen LogP) is 1.50. The third-order valence-corrected chi connectivity index (χ3v) is 1.86. The van der Waals surface area contributed by atoms with Gasteiger partial charge in [0.25, 0.3) is 0 Å². The van der Waals surface area contributed by atoms with Crippen LogP contribution in [0, 0.1) is 6.42 Å². The fourth-order valence-electron chi connectivity index (χ4n) is 0.681. The summed E-state index contributed by atoms with van der Waals surface area (Å²) in [6.07, 6.45) is 3.01. The lowest BCUT2D eigenvalue weighted by Crippen LogP contribution is -2.06. The summed E-state index contributed by atoms with van der Waals surface area (Å²) in [7, 11) is 0. The molecule has 2 rings (SSSR count). The molecule has 2 nitrogen and oxygen atoms in total. The minimum absolute atomic E-state index is 0.434. The van der Waals surface area contributed by atoms with Gasteiger partial charge in [-0.1, -0.05) is 0 Å². The molecule has 0 amide bonds. The van der Waals surface area contributed by atoms with Crippen LogP contribution in [0.15, 0.2) is 11.4 Å². The average molecular weight is 140 g/mol. The summed E-state index contributed by atoms with van der Waals surface area (Å²) < 4.78 is 0. The van der Waals surface area contributed by atoms with E-state index in [4.69, 9.17) is 4.89 Å². The van der Waals surface area contributed by atoms with Gasteiger partial charge in [0, 0.05) is 5.56 Å². The average Bonchev–Trinajstić information content (AvgIpc) is 2.33. The molecule has 2 heterocycles. The summed E-state index contributed by atoms with van der Waals surface area (Å²) in [5.41, 5.74) is 1.02. The number of thiophene rings is 1. The van der Waals surface area contributed by atoms with Gasteiger partial charge in [-0.25, -0.2) is 0 Å². The molecule has 3 heteroatoms. The minimum atomic E-state index is 0.434. The zero-order chi connectivity index (χ0) is 6.10. The highest BCUT2D eigenvalue weighted by Crippen LogP contribution is 2.30. The second-order valence-corrected chi connectivity index (χ2v) is 2.52. The molecule has 0 bridgehead atoms. The molecule has 0 N–H and O–H groups in total. The van der Waals surface area contributed by atoms with Crippen LogP contribution in [0.25, 0.3) is 0 Å². The van der Waals surface area contributed by atoms with Crippen LogP contribution in [-0.4, -0.2) is 6.61 Å². The molecule has 0 spiro atoms. The molecule has 0 saturated carbocycles. The third-order valence-electron chi connectivity index (χ3n) is 1.09. The van der Waals surface area contributed by atoms with Gasteiger partial charge in [0.1, 0.15) is 6.61 Å². The van der Waals surface area contributed by atoms with Crippen LogP contribution >= 0.6 is 11.3 Å². The first-order valence-corrected chi connectivity index (χ1v) is 3.45. The number of rotatable bonds is 0. The van der Waals surface area contributed by atoms with Gasteiger partial charge in [-0.15, -0.1) is 11.3 Å². The largest absolute Gasteiger partial charge is 0.326 e. The van der Waals surface area contributed by atoms with E-state index in [1.54, 1.807) is 0 Å². The van der Waals surface area contributed by atoms with Gasteiger partial charge in [0.2, 0.25) is 5.06 Å². The van der Waals surface area contributed by atoms with E-state index in [9.17, 15) is 0 Å². The second-order valence-electron chi connectivity index (χ2n) is 1.64. The SMILES string of the molecule is [C]1COOc2sccc21. The molecule has 1 aliphatic rings. The van der Waals surface area contributed by atoms with Crippen molar-refractivity contribution in [3.63, 3.8) is 0 Å². The van der Waals surface area contributed by atoms with Gasteiger partial charge in [-0.3, -0.25) is 0 Å². The summed E-state index contributed by atoms with van der Waals surface area (Å²) in [4.78, 5) is 9.47. The van der Waals surface area contributed by atoms with E-state index in [-0.39, 0.29) is 0 Å². The summed E-state index contributed by atoms with van der Waals surface area (Å²) >= 11 is 1.52. The van der Waals surface area contributed by atoms with Crippen molar-refractivity contribution in [2.45, 2.75) is 0 Å². The van der Waals surface area contributed by atoms with Gasteiger partial charge in [0.15, 0.2) is 0 Å². The Kier molecular flexibility index (Phi) is 1.17. The van der Waals surface area contributed by atoms with Crippen molar-refractivity contribution in [1.29, 1.82) is 0 Å². The number of hydrogen-bond acceptors (Lipinski definition) is 3. The van der Waals surface area contributed by atoms with Crippen molar-refractivity contribution >= 4 is 11.3 Å². The first kappa shape index (κ1) is 5.26. The molecule has 0 aromatic carbocycles. The molecule has 0 aliphatic carbocycles. The minimum Gasteiger partial charge on any atom is -0.326 e.